The Balaban J connectivity index is 1.68. The van der Waals surface area contributed by atoms with Crippen LogP contribution in [0.15, 0.2) is 54.6 Å². The summed E-state index contributed by atoms with van der Waals surface area (Å²) in [6.07, 6.45) is 9.04. The zero-order valence-corrected chi connectivity index (χ0v) is 19.1. The first-order valence-electron chi connectivity index (χ1n) is 11.6. The molecule has 2 aromatic rings. The highest BCUT2D eigenvalue weighted by atomic mass is 35.5. The van der Waals surface area contributed by atoms with Gasteiger partial charge in [-0.05, 0) is 68.3 Å². The van der Waals surface area contributed by atoms with Crippen molar-refractivity contribution in [2.24, 2.45) is 5.92 Å². The van der Waals surface area contributed by atoms with Crippen molar-refractivity contribution in [3.8, 4) is 6.07 Å². The molecule has 1 aliphatic carbocycles. The largest absolute Gasteiger partial charge is 0.303 e. The summed E-state index contributed by atoms with van der Waals surface area (Å²) in [5, 5.41) is 11.2. The molecular formula is C27H35ClN2. The average Bonchev–Trinajstić information content (AvgIpc) is 2.81. The van der Waals surface area contributed by atoms with Gasteiger partial charge < -0.3 is 4.90 Å². The molecule has 0 heterocycles. The molecule has 160 valence electrons. The molecule has 3 rings (SSSR count). The predicted molar refractivity (Wildman–Crippen MR) is 127 cm³/mol. The summed E-state index contributed by atoms with van der Waals surface area (Å²) < 4.78 is 0. The van der Waals surface area contributed by atoms with Gasteiger partial charge in [-0.2, -0.15) is 5.26 Å². The van der Waals surface area contributed by atoms with E-state index in [0.717, 1.165) is 62.3 Å². The minimum absolute atomic E-state index is 0.413. The van der Waals surface area contributed by atoms with Gasteiger partial charge in [0.1, 0.15) is 0 Å². The molecule has 1 unspecified atom stereocenters. The van der Waals surface area contributed by atoms with E-state index in [0.29, 0.717) is 5.92 Å². The molecule has 30 heavy (non-hydrogen) atoms. The number of benzene rings is 2. The molecule has 1 aliphatic rings. The van der Waals surface area contributed by atoms with Crippen LogP contribution in [0.2, 0.25) is 5.02 Å². The van der Waals surface area contributed by atoms with E-state index in [1.54, 1.807) is 0 Å². The van der Waals surface area contributed by atoms with Gasteiger partial charge in [-0.1, -0.05) is 86.3 Å². The summed E-state index contributed by atoms with van der Waals surface area (Å²) >= 11 is 6.63. The van der Waals surface area contributed by atoms with Crippen LogP contribution in [-0.2, 0) is 11.8 Å². The summed E-state index contributed by atoms with van der Waals surface area (Å²) in [6, 6.07) is 21.5. The van der Waals surface area contributed by atoms with E-state index in [9.17, 15) is 5.26 Å². The van der Waals surface area contributed by atoms with E-state index in [1.807, 2.05) is 18.2 Å². The maximum Gasteiger partial charge on any atom is 0.0865 e. The molecule has 3 heteroatoms. The molecule has 0 radical (unpaired) electrons. The number of halogens is 1. The van der Waals surface area contributed by atoms with Gasteiger partial charge in [0.2, 0.25) is 0 Å². The minimum atomic E-state index is -0.461. The van der Waals surface area contributed by atoms with E-state index in [-0.39, 0.29) is 0 Å². The van der Waals surface area contributed by atoms with Crippen LogP contribution >= 0.6 is 11.6 Å². The first-order valence-corrected chi connectivity index (χ1v) is 12.0. The fourth-order valence-corrected chi connectivity index (χ4v) is 5.43. The molecule has 1 fully saturated rings. The Bertz CT molecular complexity index is 807. The van der Waals surface area contributed by atoms with Crippen LogP contribution in [0.25, 0.3) is 0 Å². The van der Waals surface area contributed by atoms with Gasteiger partial charge in [0.15, 0.2) is 0 Å². The fourth-order valence-electron chi connectivity index (χ4n) is 5.13. The summed E-state index contributed by atoms with van der Waals surface area (Å²) in [7, 11) is 0. The highest BCUT2D eigenvalue weighted by molar-refractivity contribution is 6.31. The molecule has 0 aromatic heterocycles. The molecule has 0 spiro atoms. The predicted octanol–water partition coefficient (Wildman–Crippen LogP) is 7.03. The van der Waals surface area contributed by atoms with Crippen molar-refractivity contribution in [3.63, 3.8) is 0 Å². The maximum absolute atomic E-state index is 10.5. The third kappa shape index (κ3) is 5.65. The lowest BCUT2D eigenvalue weighted by atomic mass is 9.63. The second-order valence-electron chi connectivity index (χ2n) is 8.67. The molecule has 0 aliphatic heterocycles. The van der Waals surface area contributed by atoms with Gasteiger partial charge in [0, 0.05) is 11.6 Å². The highest BCUT2D eigenvalue weighted by Crippen LogP contribution is 2.46. The fraction of sp³-hybridized carbons (Fsp3) is 0.519. The average molecular weight is 423 g/mol. The van der Waals surface area contributed by atoms with Gasteiger partial charge in [-0.25, -0.2) is 0 Å². The van der Waals surface area contributed by atoms with Crippen molar-refractivity contribution in [1.82, 2.24) is 4.90 Å². The van der Waals surface area contributed by atoms with Crippen molar-refractivity contribution >= 4 is 11.6 Å². The second kappa shape index (κ2) is 11.5. The van der Waals surface area contributed by atoms with E-state index in [4.69, 9.17) is 11.6 Å². The molecule has 0 N–H and O–H groups in total. The minimum Gasteiger partial charge on any atom is -0.303 e. The lowest BCUT2D eigenvalue weighted by Gasteiger charge is -2.39. The number of likely N-dealkylation sites (N-methyl/N-ethyl adjacent to an activating group) is 1. The van der Waals surface area contributed by atoms with Crippen LogP contribution in [0.1, 0.15) is 63.0 Å². The third-order valence-electron chi connectivity index (χ3n) is 6.91. The van der Waals surface area contributed by atoms with Crippen molar-refractivity contribution in [2.75, 3.05) is 19.6 Å². The molecule has 1 atom stereocenters. The Kier molecular flexibility index (Phi) is 8.79. The van der Waals surface area contributed by atoms with E-state index in [1.165, 1.54) is 24.8 Å². The molecule has 2 nitrogen and oxygen atoms in total. The Morgan fingerprint density at radius 3 is 2.37 bits per heavy atom. The lowest BCUT2D eigenvalue weighted by Crippen LogP contribution is -2.37. The molecule has 1 saturated carbocycles. The van der Waals surface area contributed by atoms with E-state index < -0.39 is 5.41 Å². The number of rotatable bonds is 10. The normalized spacial score (nSPS) is 16.9. The van der Waals surface area contributed by atoms with Crippen LogP contribution in [0.5, 0.6) is 0 Å². The summed E-state index contributed by atoms with van der Waals surface area (Å²) in [4.78, 5) is 2.52. The second-order valence-corrected chi connectivity index (χ2v) is 9.08. The smallest absolute Gasteiger partial charge is 0.0865 e. The number of hydrogen-bond donors (Lipinski definition) is 0. The van der Waals surface area contributed by atoms with E-state index >= 15 is 0 Å². The molecule has 2 aromatic carbocycles. The van der Waals surface area contributed by atoms with Crippen molar-refractivity contribution in [1.29, 1.82) is 5.26 Å². The maximum atomic E-state index is 10.5. The molecule has 0 amide bonds. The van der Waals surface area contributed by atoms with Crippen LogP contribution < -0.4 is 0 Å². The van der Waals surface area contributed by atoms with Crippen LogP contribution in [0, 0.1) is 17.2 Å². The summed E-state index contributed by atoms with van der Waals surface area (Å²) in [5.41, 5.74) is 1.98. The van der Waals surface area contributed by atoms with Gasteiger partial charge >= 0.3 is 0 Å². The quantitative estimate of drug-likeness (QED) is 0.411. The van der Waals surface area contributed by atoms with Crippen molar-refractivity contribution < 1.29 is 0 Å². The Morgan fingerprint density at radius 2 is 1.70 bits per heavy atom. The topological polar surface area (TPSA) is 27.0 Å². The monoisotopic (exact) mass is 422 g/mol. The van der Waals surface area contributed by atoms with Gasteiger partial charge in [-0.3, -0.25) is 0 Å². The number of nitrogens with zero attached hydrogens (tertiary/aromatic N) is 2. The number of hydrogen-bond acceptors (Lipinski definition) is 2. The summed E-state index contributed by atoms with van der Waals surface area (Å²) in [6.45, 7) is 5.37. The SMILES string of the molecule is CCN(CCCC(C#N)(c1ccccc1Cl)C1CCCCC1)CCc1ccccc1. The standard InChI is InChI=1S/C27H35ClN2/c1-2-30(21-18-23-12-5-3-6-13-23)20-11-19-27(22-29,24-14-7-4-8-15-24)25-16-9-10-17-26(25)28/h3,5-6,9-10,12-13,16-17,24H,2,4,7-8,11,14-15,18-21H2,1H3. The van der Waals surface area contributed by atoms with Crippen molar-refractivity contribution in [3.05, 3.63) is 70.7 Å². The molecule has 0 bridgehead atoms. The van der Waals surface area contributed by atoms with Gasteiger partial charge in [0.05, 0.1) is 11.5 Å². The van der Waals surface area contributed by atoms with Gasteiger partial charge in [0.25, 0.3) is 0 Å². The Morgan fingerprint density at radius 1 is 1.00 bits per heavy atom. The Labute approximate surface area is 187 Å². The Hall–Kier alpha value is -1.82. The first-order chi connectivity index (χ1) is 14.7. The number of nitriles is 1. The molecular weight excluding hydrogens is 388 g/mol. The summed E-state index contributed by atoms with van der Waals surface area (Å²) in [5.74, 6) is 0.413. The third-order valence-corrected chi connectivity index (χ3v) is 7.24. The van der Waals surface area contributed by atoms with E-state index in [2.05, 4.69) is 54.3 Å². The van der Waals surface area contributed by atoms with Gasteiger partial charge in [-0.15, -0.1) is 0 Å². The zero-order chi connectivity index (χ0) is 21.2. The highest BCUT2D eigenvalue weighted by Gasteiger charge is 2.42. The zero-order valence-electron chi connectivity index (χ0n) is 18.3. The van der Waals surface area contributed by atoms with Crippen LogP contribution in [-0.4, -0.2) is 24.5 Å². The first kappa shape index (κ1) is 22.9. The van der Waals surface area contributed by atoms with Crippen LogP contribution in [0.3, 0.4) is 0 Å². The molecule has 0 saturated heterocycles. The van der Waals surface area contributed by atoms with Crippen LogP contribution in [0.4, 0.5) is 0 Å². The van der Waals surface area contributed by atoms with Crippen molar-refractivity contribution in [2.45, 2.75) is 63.7 Å². The lowest BCUT2D eigenvalue weighted by molar-refractivity contribution is 0.218.